The van der Waals surface area contributed by atoms with Crippen molar-refractivity contribution in [3.05, 3.63) is 72.9 Å². The van der Waals surface area contributed by atoms with Crippen molar-refractivity contribution in [1.82, 2.24) is 0 Å². The van der Waals surface area contributed by atoms with Crippen molar-refractivity contribution >= 4 is 15.9 Å². The molecule has 1 heteroatoms. The fourth-order valence-corrected chi connectivity index (χ4v) is 1.85. The van der Waals surface area contributed by atoms with Gasteiger partial charge in [0.1, 0.15) is 0 Å². The SMILES string of the molecule is C=C/C=C(\C=C)C(Br)c1ccccc1. The summed E-state index contributed by atoms with van der Waals surface area (Å²) in [6, 6.07) is 10.2. The number of benzene rings is 1. The first-order chi connectivity index (χ1) is 6.79. The molecule has 0 aromatic heterocycles. The third kappa shape index (κ3) is 2.71. The van der Waals surface area contributed by atoms with E-state index in [2.05, 4.69) is 41.2 Å². The fourth-order valence-electron chi connectivity index (χ4n) is 1.21. The zero-order valence-electron chi connectivity index (χ0n) is 7.99. The van der Waals surface area contributed by atoms with Gasteiger partial charge in [-0.15, -0.1) is 0 Å². The molecule has 0 radical (unpaired) electrons. The van der Waals surface area contributed by atoms with E-state index in [0.717, 1.165) is 5.57 Å². The van der Waals surface area contributed by atoms with Crippen molar-refractivity contribution in [2.75, 3.05) is 0 Å². The quantitative estimate of drug-likeness (QED) is 0.547. The average Bonchev–Trinajstić information content (AvgIpc) is 2.26. The van der Waals surface area contributed by atoms with E-state index in [9.17, 15) is 0 Å². The molecule has 1 aromatic rings. The van der Waals surface area contributed by atoms with Gasteiger partial charge in [-0.2, -0.15) is 0 Å². The highest BCUT2D eigenvalue weighted by molar-refractivity contribution is 9.09. The molecule has 0 aliphatic carbocycles. The van der Waals surface area contributed by atoms with Gasteiger partial charge in [0.05, 0.1) is 4.83 Å². The normalized spacial score (nSPS) is 13.4. The molecular weight excluding hydrogens is 236 g/mol. The summed E-state index contributed by atoms with van der Waals surface area (Å²) >= 11 is 3.63. The lowest BCUT2D eigenvalue weighted by molar-refractivity contribution is 1.18. The zero-order valence-corrected chi connectivity index (χ0v) is 9.57. The second-order valence-electron chi connectivity index (χ2n) is 2.88. The van der Waals surface area contributed by atoms with Crippen LogP contribution in [0.2, 0.25) is 0 Å². The predicted molar refractivity (Wildman–Crippen MR) is 66.6 cm³/mol. The Balaban J connectivity index is 2.94. The highest BCUT2D eigenvalue weighted by atomic mass is 79.9. The summed E-state index contributed by atoms with van der Waals surface area (Å²) < 4.78 is 0. The Morgan fingerprint density at radius 2 is 1.86 bits per heavy atom. The van der Waals surface area contributed by atoms with Gasteiger partial charge in [-0.1, -0.05) is 77.6 Å². The first-order valence-electron chi connectivity index (χ1n) is 4.43. The Hall–Kier alpha value is -1.08. The number of halogens is 1. The van der Waals surface area contributed by atoms with E-state index < -0.39 is 0 Å². The molecule has 1 aromatic carbocycles. The number of rotatable bonds is 4. The van der Waals surface area contributed by atoms with E-state index in [1.807, 2.05) is 30.4 Å². The van der Waals surface area contributed by atoms with E-state index in [4.69, 9.17) is 0 Å². The van der Waals surface area contributed by atoms with Gasteiger partial charge in [0.2, 0.25) is 0 Å². The molecule has 1 unspecified atom stereocenters. The molecule has 1 atom stereocenters. The predicted octanol–water partition coefficient (Wildman–Crippen LogP) is 4.42. The molecule has 0 saturated carbocycles. The van der Waals surface area contributed by atoms with E-state index in [-0.39, 0.29) is 4.83 Å². The largest absolute Gasteiger partial charge is 0.0991 e. The monoisotopic (exact) mass is 248 g/mol. The maximum atomic E-state index is 3.78. The van der Waals surface area contributed by atoms with Gasteiger partial charge in [-0.3, -0.25) is 0 Å². The fraction of sp³-hybridized carbons (Fsp3) is 0.0769. The van der Waals surface area contributed by atoms with Crippen molar-refractivity contribution in [2.45, 2.75) is 4.83 Å². The van der Waals surface area contributed by atoms with Crippen LogP contribution in [0.4, 0.5) is 0 Å². The zero-order chi connectivity index (χ0) is 10.4. The van der Waals surface area contributed by atoms with Crippen LogP contribution in [0.5, 0.6) is 0 Å². The molecule has 0 aliphatic rings. The molecule has 0 amide bonds. The minimum atomic E-state index is 0.194. The summed E-state index contributed by atoms with van der Waals surface area (Å²) in [5.74, 6) is 0. The van der Waals surface area contributed by atoms with Crippen LogP contribution in [0.3, 0.4) is 0 Å². The van der Waals surface area contributed by atoms with Crippen LogP contribution in [0.1, 0.15) is 10.4 Å². The molecule has 0 N–H and O–H groups in total. The molecule has 0 saturated heterocycles. The number of allylic oxidation sites excluding steroid dienone is 4. The summed E-state index contributed by atoms with van der Waals surface area (Å²) in [5.41, 5.74) is 2.34. The van der Waals surface area contributed by atoms with Crippen molar-refractivity contribution in [2.24, 2.45) is 0 Å². The lowest BCUT2D eigenvalue weighted by Crippen LogP contribution is -1.91. The van der Waals surface area contributed by atoms with Crippen LogP contribution < -0.4 is 0 Å². The molecule has 0 bridgehead atoms. The highest BCUT2D eigenvalue weighted by Crippen LogP contribution is 2.30. The molecule has 72 valence electrons. The first kappa shape index (κ1) is 11.0. The van der Waals surface area contributed by atoms with Gasteiger partial charge in [0, 0.05) is 0 Å². The van der Waals surface area contributed by atoms with E-state index >= 15 is 0 Å². The highest BCUT2D eigenvalue weighted by Gasteiger charge is 2.08. The van der Waals surface area contributed by atoms with Gasteiger partial charge in [-0.25, -0.2) is 0 Å². The molecular formula is C13H13Br. The molecule has 0 fully saturated rings. The minimum absolute atomic E-state index is 0.194. The van der Waals surface area contributed by atoms with E-state index in [1.165, 1.54) is 5.56 Å². The summed E-state index contributed by atoms with van der Waals surface area (Å²) in [4.78, 5) is 0.194. The Morgan fingerprint density at radius 1 is 1.21 bits per heavy atom. The Labute approximate surface area is 93.8 Å². The van der Waals surface area contributed by atoms with Gasteiger partial charge < -0.3 is 0 Å². The van der Waals surface area contributed by atoms with Crippen LogP contribution in [0, 0.1) is 0 Å². The van der Waals surface area contributed by atoms with Crippen molar-refractivity contribution in [3.63, 3.8) is 0 Å². The van der Waals surface area contributed by atoms with Gasteiger partial charge >= 0.3 is 0 Å². The molecule has 0 spiro atoms. The topological polar surface area (TPSA) is 0 Å². The Kier molecular flexibility index (Phi) is 4.41. The van der Waals surface area contributed by atoms with Crippen molar-refractivity contribution in [3.8, 4) is 0 Å². The van der Waals surface area contributed by atoms with Gasteiger partial charge in [-0.05, 0) is 11.1 Å². The summed E-state index contributed by atoms with van der Waals surface area (Å²) in [7, 11) is 0. The molecule has 14 heavy (non-hydrogen) atoms. The van der Waals surface area contributed by atoms with Crippen molar-refractivity contribution < 1.29 is 0 Å². The van der Waals surface area contributed by atoms with Crippen LogP contribution in [0.25, 0.3) is 0 Å². The van der Waals surface area contributed by atoms with Crippen LogP contribution >= 0.6 is 15.9 Å². The van der Waals surface area contributed by atoms with Crippen molar-refractivity contribution in [1.29, 1.82) is 0 Å². The van der Waals surface area contributed by atoms with Gasteiger partial charge in [0.15, 0.2) is 0 Å². The second kappa shape index (κ2) is 5.61. The lowest BCUT2D eigenvalue weighted by Gasteiger charge is -2.10. The standard InChI is InChI=1S/C13H13Br/c1-3-8-11(4-2)13(14)12-9-6-5-7-10-12/h3-10,13H,1-2H2/b11-8+. The smallest absolute Gasteiger partial charge is 0.0644 e. The summed E-state index contributed by atoms with van der Waals surface area (Å²) in [6.45, 7) is 7.46. The number of hydrogen-bond acceptors (Lipinski definition) is 0. The maximum Gasteiger partial charge on any atom is 0.0644 e. The van der Waals surface area contributed by atoms with Crippen LogP contribution in [-0.2, 0) is 0 Å². The Morgan fingerprint density at radius 3 is 2.36 bits per heavy atom. The molecule has 0 heterocycles. The second-order valence-corrected chi connectivity index (χ2v) is 3.80. The third-order valence-corrected chi connectivity index (χ3v) is 2.99. The summed E-state index contributed by atoms with van der Waals surface area (Å²) in [6.07, 6.45) is 5.57. The van der Waals surface area contributed by atoms with Crippen LogP contribution in [0.15, 0.2) is 67.3 Å². The number of alkyl halides is 1. The maximum absolute atomic E-state index is 3.78. The average molecular weight is 249 g/mol. The number of hydrogen-bond donors (Lipinski definition) is 0. The van der Waals surface area contributed by atoms with E-state index in [0.29, 0.717) is 0 Å². The van der Waals surface area contributed by atoms with Gasteiger partial charge in [0.25, 0.3) is 0 Å². The molecule has 0 aliphatic heterocycles. The Bertz CT molecular complexity index is 336. The van der Waals surface area contributed by atoms with E-state index in [1.54, 1.807) is 6.08 Å². The van der Waals surface area contributed by atoms with Crippen LogP contribution in [-0.4, -0.2) is 0 Å². The lowest BCUT2D eigenvalue weighted by atomic mass is 10.0. The molecule has 0 nitrogen and oxygen atoms in total. The molecule has 1 rings (SSSR count). The summed E-state index contributed by atoms with van der Waals surface area (Å²) in [5, 5.41) is 0. The minimum Gasteiger partial charge on any atom is -0.0991 e. The first-order valence-corrected chi connectivity index (χ1v) is 5.35. The third-order valence-electron chi connectivity index (χ3n) is 1.93.